The van der Waals surface area contributed by atoms with Gasteiger partial charge in [-0.15, -0.1) is 0 Å². The maximum atomic E-state index is 12.1. The third kappa shape index (κ3) is 3.19. The zero-order valence-corrected chi connectivity index (χ0v) is 12.7. The van der Waals surface area contributed by atoms with Crippen LogP contribution in [0.25, 0.3) is 0 Å². The van der Waals surface area contributed by atoms with Crippen LogP contribution in [-0.4, -0.2) is 28.3 Å². The molecule has 1 aromatic heterocycles. The van der Waals surface area contributed by atoms with Gasteiger partial charge in [0.1, 0.15) is 4.88 Å². The van der Waals surface area contributed by atoms with Crippen LogP contribution in [0.2, 0.25) is 0 Å². The van der Waals surface area contributed by atoms with Crippen LogP contribution in [0.4, 0.5) is 10.8 Å². The topological polar surface area (TPSA) is 114 Å². The summed E-state index contributed by atoms with van der Waals surface area (Å²) in [6.07, 6.45) is 1.48. The van der Waals surface area contributed by atoms with Crippen molar-refractivity contribution < 1.29 is 14.5 Å². The van der Waals surface area contributed by atoms with E-state index in [4.69, 9.17) is 0 Å². The second-order valence-electron chi connectivity index (χ2n) is 4.91. The van der Waals surface area contributed by atoms with Crippen molar-refractivity contribution in [3.8, 4) is 0 Å². The lowest BCUT2D eigenvalue weighted by Crippen LogP contribution is -2.21. The number of amides is 2. The Labute approximate surface area is 134 Å². The summed E-state index contributed by atoms with van der Waals surface area (Å²) in [5.74, 6) is -0.602. The maximum Gasteiger partial charge on any atom is 0.269 e. The van der Waals surface area contributed by atoms with Gasteiger partial charge in [0.25, 0.3) is 17.5 Å². The van der Waals surface area contributed by atoms with E-state index < -0.39 is 10.8 Å². The monoisotopic (exact) mass is 332 g/mol. The van der Waals surface area contributed by atoms with Gasteiger partial charge < -0.3 is 5.32 Å². The molecule has 0 spiro atoms. The van der Waals surface area contributed by atoms with Crippen LogP contribution < -0.4 is 10.6 Å². The van der Waals surface area contributed by atoms with Gasteiger partial charge in [-0.05, 0) is 25.0 Å². The van der Waals surface area contributed by atoms with Crippen LogP contribution in [0, 0.1) is 10.1 Å². The Morgan fingerprint density at radius 1 is 1.35 bits per heavy atom. The number of hydrogen-bond donors (Lipinski definition) is 2. The van der Waals surface area contributed by atoms with Gasteiger partial charge in [0, 0.05) is 24.2 Å². The van der Waals surface area contributed by atoms with Gasteiger partial charge in [-0.1, -0.05) is 11.3 Å². The second kappa shape index (κ2) is 6.13. The number of benzene rings is 1. The summed E-state index contributed by atoms with van der Waals surface area (Å²) >= 11 is 1.12. The lowest BCUT2D eigenvalue weighted by molar-refractivity contribution is -0.384. The minimum atomic E-state index is -0.530. The van der Waals surface area contributed by atoms with E-state index in [2.05, 4.69) is 15.6 Å². The van der Waals surface area contributed by atoms with Crippen LogP contribution in [0.15, 0.2) is 24.3 Å². The van der Waals surface area contributed by atoms with Crippen LogP contribution >= 0.6 is 11.3 Å². The predicted octanol–water partition coefficient (Wildman–Crippen LogP) is 1.98. The van der Waals surface area contributed by atoms with E-state index in [1.165, 1.54) is 24.3 Å². The van der Waals surface area contributed by atoms with E-state index in [1.54, 1.807) is 0 Å². The van der Waals surface area contributed by atoms with E-state index >= 15 is 0 Å². The third-order valence-corrected chi connectivity index (χ3v) is 4.35. The number of carbonyl (C=O) groups excluding carboxylic acids is 2. The summed E-state index contributed by atoms with van der Waals surface area (Å²) < 4.78 is 0. The van der Waals surface area contributed by atoms with Crippen molar-refractivity contribution in [3.05, 3.63) is 50.5 Å². The Kier molecular flexibility index (Phi) is 4.02. The number of carbonyl (C=O) groups is 2. The van der Waals surface area contributed by atoms with E-state index in [0.29, 0.717) is 28.7 Å². The van der Waals surface area contributed by atoms with E-state index in [0.717, 1.165) is 17.8 Å². The first-order valence-electron chi connectivity index (χ1n) is 6.88. The molecule has 0 unspecified atom stereocenters. The molecule has 8 nitrogen and oxygen atoms in total. The minimum Gasteiger partial charge on any atom is -0.351 e. The van der Waals surface area contributed by atoms with Crippen LogP contribution in [0.3, 0.4) is 0 Å². The standard InChI is InChI=1S/C14H12N4O4S/c19-12(8-3-5-9(6-4-8)18(21)22)17-14-16-10-2-1-7-15-13(20)11(10)23-14/h3-6H,1-2,7H2,(H,15,20)(H,16,17,19). The first-order valence-corrected chi connectivity index (χ1v) is 7.70. The summed E-state index contributed by atoms with van der Waals surface area (Å²) in [6.45, 7) is 0.617. The van der Waals surface area contributed by atoms with Gasteiger partial charge in [0.2, 0.25) is 0 Å². The average molecular weight is 332 g/mol. The number of rotatable bonds is 3. The van der Waals surface area contributed by atoms with Gasteiger partial charge in [-0.2, -0.15) is 0 Å². The zero-order chi connectivity index (χ0) is 16.4. The molecule has 0 saturated carbocycles. The minimum absolute atomic E-state index is 0.0841. The largest absolute Gasteiger partial charge is 0.351 e. The number of thiazole rings is 1. The van der Waals surface area contributed by atoms with Crippen molar-refractivity contribution in [1.82, 2.24) is 10.3 Å². The molecule has 2 amide bonds. The number of nitro benzene ring substituents is 1. The summed E-state index contributed by atoms with van der Waals surface area (Å²) in [5, 5.41) is 16.3. The predicted molar refractivity (Wildman–Crippen MR) is 83.8 cm³/mol. The molecule has 0 aliphatic carbocycles. The molecule has 2 heterocycles. The Balaban J connectivity index is 1.76. The maximum absolute atomic E-state index is 12.1. The van der Waals surface area contributed by atoms with Gasteiger partial charge in [0.15, 0.2) is 5.13 Å². The molecule has 3 rings (SSSR count). The van der Waals surface area contributed by atoms with Crippen molar-refractivity contribution in [3.63, 3.8) is 0 Å². The molecule has 0 fully saturated rings. The second-order valence-corrected chi connectivity index (χ2v) is 5.91. The SMILES string of the molecule is O=C(Nc1nc2c(s1)C(=O)NCCC2)c1ccc([N+](=O)[O-])cc1. The van der Waals surface area contributed by atoms with Crippen LogP contribution in [0.1, 0.15) is 32.1 Å². The molecule has 1 aliphatic rings. The molecule has 1 aliphatic heterocycles. The Bertz CT molecular complexity index is 785. The van der Waals surface area contributed by atoms with Gasteiger partial charge in [-0.25, -0.2) is 4.98 Å². The highest BCUT2D eigenvalue weighted by molar-refractivity contribution is 7.17. The molecule has 1 aromatic carbocycles. The van der Waals surface area contributed by atoms with Crippen LogP contribution in [0.5, 0.6) is 0 Å². The smallest absolute Gasteiger partial charge is 0.269 e. The number of nitrogens with one attached hydrogen (secondary N) is 2. The number of non-ortho nitro benzene ring substituents is 1. The number of nitrogens with zero attached hydrogens (tertiary/aromatic N) is 2. The lowest BCUT2D eigenvalue weighted by Gasteiger charge is -2.01. The molecule has 2 N–H and O–H groups in total. The molecule has 0 saturated heterocycles. The fourth-order valence-electron chi connectivity index (χ4n) is 2.19. The summed E-state index contributed by atoms with van der Waals surface area (Å²) in [5.41, 5.74) is 0.883. The third-order valence-electron chi connectivity index (χ3n) is 3.34. The van der Waals surface area contributed by atoms with E-state index in [-0.39, 0.29) is 17.2 Å². The molecular weight excluding hydrogens is 320 g/mol. The van der Waals surface area contributed by atoms with E-state index in [9.17, 15) is 19.7 Å². The Hall–Kier alpha value is -2.81. The number of anilines is 1. The first kappa shape index (κ1) is 15.1. The highest BCUT2D eigenvalue weighted by Crippen LogP contribution is 2.26. The highest BCUT2D eigenvalue weighted by Gasteiger charge is 2.21. The number of nitro groups is 1. The molecule has 0 radical (unpaired) electrons. The molecule has 0 atom stereocenters. The summed E-state index contributed by atoms with van der Waals surface area (Å²) in [6, 6.07) is 5.27. The molecule has 9 heteroatoms. The quantitative estimate of drug-likeness (QED) is 0.659. The van der Waals surface area contributed by atoms with Crippen molar-refractivity contribution >= 4 is 34.0 Å². The molecule has 118 valence electrons. The molecule has 23 heavy (non-hydrogen) atoms. The Morgan fingerprint density at radius 3 is 2.78 bits per heavy atom. The summed E-state index contributed by atoms with van der Waals surface area (Å²) in [4.78, 5) is 38.9. The van der Waals surface area contributed by atoms with Gasteiger partial charge in [-0.3, -0.25) is 25.0 Å². The van der Waals surface area contributed by atoms with Crippen molar-refractivity contribution in [2.75, 3.05) is 11.9 Å². The first-order chi connectivity index (χ1) is 11.0. The van der Waals surface area contributed by atoms with Crippen molar-refractivity contribution in [2.24, 2.45) is 0 Å². The normalized spacial score (nSPS) is 13.7. The highest BCUT2D eigenvalue weighted by atomic mass is 32.1. The average Bonchev–Trinajstić information content (AvgIpc) is 2.86. The van der Waals surface area contributed by atoms with Crippen molar-refractivity contribution in [2.45, 2.75) is 12.8 Å². The number of aryl methyl sites for hydroxylation is 1. The number of aromatic nitrogens is 1. The van der Waals surface area contributed by atoms with E-state index in [1.807, 2.05) is 0 Å². The number of fused-ring (bicyclic) bond motifs is 1. The Morgan fingerprint density at radius 2 is 2.09 bits per heavy atom. The molecule has 0 bridgehead atoms. The lowest BCUT2D eigenvalue weighted by atomic mass is 10.2. The zero-order valence-electron chi connectivity index (χ0n) is 11.9. The summed E-state index contributed by atoms with van der Waals surface area (Å²) in [7, 11) is 0. The molecular formula is C14H12N4O4S. The van der Waals surface area contributed by atoms with Crippen molar-refractivity contribution in [1.29, 1.82) is 0 Å². The van der Waals surface area contributed by atoms with Gasteiger partial charge >= 0.3 is 0 Å². The van der Waals surface area contributed by atoms with Gasteiger partial charge in [0.05, 0.1) is 10.6 Å². The molecule has 2 aromatic rings. The fraction of sp³-hybridized carbons (Fsp3) is 0.214. The van der Waals surface area contributed by atoms with Crippen LogP contribution in [-0.2, 0) is 6.42 Å². The number of hydrogen-bond acceptors (Lipinski definition) is 6. The fourth-order valence-corrected chi connectivity index (χ4v) is 3.12.